The van der Waals surface area contributed by atoms with Gasteiger partial charge in [0, 0.05) is 5.56 Å². The lowest BCUT2D eigenvalue weighted by Gasteiger charge is -2.12. The topological polar surface area (TPSA) is 77.0 Å². The Morgan fingerprint density at radius 2 is 2.00 bits per heavy atom. The highest BCUT2D eigenvalue weighted by atomic mass is 19.1. The summed E-state index contributed by atoms with van der Waals surface area (Å²) in [6.45, 7) is 3.56. The van der Waals surface area contributed by atoms with Gasteiger partial charge in [0.1, 0.15) is 5.82 Å². The molecule has 1 aromatic carbocycles. The number of nitrogens with two attached hydrogens (primary N) is 1. The summed E-state index contributed by atoms with van der Waals surface area (Å²) in [4.78, 5) is 0. The molecule has 0 aliphatic rings. The summed E-state index contributed by atoms with van der Waals surface area (Å²) in [7, 11) is 0. The van der Waals surface area contributed by atoms with E-state index in [0.717, 1.165) is 0 Å². The molecule has 3 N–H and O–H groups in total. The van der Waals surface area contributed by atoms with Crippen LogP contribution in [0, 0.1) is 5.82 Å². The maximum atomic E-state index is 13.5. The van der Waals surface area contributed by atoms with Gasteiger partial charge in [0.05, 0.1) is 12.1 Å². The molecule has 2 atom stereocenters. The van der Waals surface area contributed by atoms with Crippen LogP contribution < -0.4 is 11.1 Å². The van der Waals surface area contributed by atoms with Crippen molar-refractivity contribution in [2.24, 2.45) is 5.73 Å². The van der Waals surface area contributed by atoms with Crippen LogP contribution in [0.1, 0.15) is 37.4 Å². The Kier molecular flexibility index (Phi) is 3.57. The molecule has 0 bridgehead atoms. The number of hydrogen-bond donors (Lipinski definition) is 2. The predicted molar refractivity (Wildman–Crippen MR) is 65.3 cm³/mol. The quantitative estimate of drug-likeness (QED) is 0.871. The molecular weight excluding hydrogens is 235 g/mol. The third-order valence-corrected chi connectivity index (χ3v) is 2.54. The summed E-state index contributed by atoms with van der Waals surface area (Å²) in [5.74, 6) is 0.0719. The van der Waals surface area contributed by atoms with Crippen LogP contribution in [0.3, 0.4) is 0 Å². The van der Waals surface area contributed by atoms with Crippen LogP contribution in [0.2, 0.25) is 0 Å². The van der Waals surface area contributed by atoms with Crippen LogP contribution in [0.4, 0.5) is 10.4 Å². The number of nitrogens with one attached hydrogen (secondary N) is 1. The van der Waals surface area contributed by atoms with E-state index in [9.17, 15) is 4.39 Å². The van der Waals surface area contributed by atoms with Crippen LogP contribution in [0.25, 0.3) is 0 Å². The molecule has 1 aromatic heterocycles. The van der Waals surface area contributed by atoms with Crippen LogP contribution >= 0.6 is 0 Å². The van der Waals surface area contributed by atoms with Gasteiger partial charge in [0.25, 0.3) is 0 Å². The van der Waals surface area contributed by atoms with Crippen molar-refractivity contribution in [1.82, 2.24) is 10.2 Å². The molecule has 5 nitrogen and oxygen atoms in total. The van der Waals surface area contributed by atoms with Gasteiger partial charge in [-0.2, -0.15) is 0 Å². The van der Waals surface area contributed by atoms with Crippen LogP contribution in [-0.2, 0) is 0 Å². The van der Waals surface area contributed by atoms with E-state index in [0.29, 0.717) is 11.5 Å². The van der Waals surface area contributed by atoms with Crippen LogP contribution in [0.5, 0.6) is 0 Å². The second-order valence-corrected chi connectivity index (χ2v) is 4.12. The Balaban J connectivity index is 2.11. The SMILES string of the molecule is CC(N)c1nnc(NC(C)c2ccccc2F)o1. The Labute approximate surface area is 104 Å². The molecule has 2 unspecified atom stereocenters. The average Bonchev–Trinajstić information content (AvgIpc) is 2.78. The summed E-state index contributed by atoms with van der Waals surface area (Å²) >= 11 is 0. The number of hydrogen-bond acceptors (Lipinski definition) is 5. The minimum Gasteiger partial charge on any atom is -0.406 e. The number of anilines is 1. The Bertz CT molecular complexity index is 526. The molecule has 0 aliphatic heterocycles. The number of benzene rings is 1. The summed E-state index contributed by atoms with van der Waals surface area (Å²) in [5.41, 5.74) is 6.15. The fraction of sp³-hybridized carbons (Fsp3) is 0.333. The van der Waals surface area contributed by atoms with Gasteiger partial charge in [-0.3, -0.25) is 0 Å². The molecule has 2 aromatic rings. The number of halogens is 1. The smallest absolute Gasteiger partial charge is 0.316 e. The van der Waals surface area contributed by atoms with E-state index in [1.165, 1.54) is 6.07 Å². The predicted octanol–water partition coefficient (Wildman–Crippen LogP) is 2.40. The first-order valence-corrected chi connectivity index (χ1v) is 5.68. The van der Waals surface area contributed by atoms with E-state index in [1.807, 2.05) is 6.92 Å². The summed E-state index contributed by atoms with van der Waals surface area (Å²) < 4.78 is 18.8. The second kappa shape index (κ2) is 5.14. The van der Waals surface area contributed by atoms with Gasteiger partial charge < -0.3 is 15.5 Å². The highest BCUT2D eigenvalue weighted by Gasteiger charge is 2.14. The molecule has 0 fully saturated rings. The Morgan fingerprint density at radius 3 is 2.61 bits per heavy atom. The van der Waals surface area contributed by atoms with E-state index >= 15 is 0 Å². The standard InChI is InChI=1S/C12H15FN4O/c1-7(14)11-16-17-12(18-11)15-8(2)9-5-3-4-6-10(9)13/h3-8H,14H2,1-2H3,(H,15,17). The highest BCUT2D eigenvalue weighted by molar-refractivity contribution is 5.29. The van der Waals surface area contributed by atoms with Crippen molar-refractivity contribution in [3.8, 4) is 0 Å². The van der Waals surface area contributed by atoms with Crippen LogP contribution in [-0.4, -0.2) is 10.2 Å². The first-order chi connectivity index (χ1) is 8.58. The minimum atomic E-state index is -0.322. The van der Waals surface area contributed by atoms with E-state index in [2.05, 4.69) is 15.5 Å². The fourth-order valence-corrected chi connectivity index (χ4v) is 1.57. The van der Waals surface area contributed by atoms with Crippen molar-refractivity contribution in [2.75, 3.05) is 5.32 Å². The maximum absolute atomic E-state index is 13.5. The number of rotatable bonds is 4. The molecule has 0 radical (unpaired) electrons. The van der Waals surface area contributed by atoms with Gasteiger partial charge in [-0.05, 0) is 19.9 Å². The zero-order chi connectivity index (χ0) is 13.1. The van der Waals surface area contributed by atoms with Crippen LogP contribution in [0.15, 0.2) is 28.7 Å². The lowest BCUT2D eigenvalue weighted by atomic mass is 10.1. The van der Waals surface area contributed by atoms with Crippen molar-refractivity contribution in [2.45, 2.75) is 25.9 Å². The molecule has 18 heavy (non-hydrogen) atoms. The molecule has 96 valence electrons. The van der Waals surface area contributed by atoms with E-state index in [-0.39, 0.29) is 23.9 Å². The monoisotopic (exact) mass is 250 g/mol. The van der Waals surface area contributed by atoms with Gasteiger partial charge >= 0.3 is 6.01 Å². The normalized spacial score (nSPS) is 14.2. The molecule has 0 saturated carbocycles. The minimum absolute atomic E-state index is 0.234. The third kappa shape index (κ3) is 2.65. The Morgan fingerprint density at radius 1 is 1.28 bits per heavy atom. The molecular formula is C12H15FN4O. The average molecular weight is 250 g/mol. The first-order valence-electron chi connectivity index (χ1n) is 5.68. The van der Waals surface area contributed by atoms with Crippen molar-refractivity contribution in [1.29, 1.82) is 0 Å². The van der Waals surface area contributed by atoms with Crippen molar-refractivity contribution < 1.29 is 8.81 Å². The van der Waals surface area contributed by atoms with E-state index in [4.69, 9.17) is 10.2 Å². The largest absolute Gasteiger partial charge is 0.406 e. The van der Waals surface area contributed by atoms with Gasteiger partial charge in [-0.1, -0.05) is 23.3 Å². The number of nitrogens with zero attached hydrogens (tertiary/aromatic N) is 2. The molecule has 0 saturated heterocycles. The van der Waals surface area contributed by atoms with Gasteiger partial charge in [0.2, 0.25) is 5.89 Å². The van der Waals surface area contributed by atoms with Crippen molar-refractivity contribution in [3.63, 3.8) is 0 Å². The van der Waals surface area contributed by atoms with Gasteiger partial charge in [0.15, 0.2) is 0 Å². The summed E-state index contributed by atoms with van der Waals surface area (Å²) in [6, 6.07) is 6.18. The zero-order valence-electron chi connectivity index (χ0n) is 10.2. The molecule has 6 heteroatoms. The third-order valence-electron chi connectivity index (χ3n) is 2.54. The van der Waals surface area contributed by atoms with Gasteiger partial charge in [-0.15, -0.1) is 5.10 Å². The Hall–Kier alpha value is -1.95. The first kappa shape index (κ1) is 12.5. The van der Waals surface area contributed by atoms with Gasteiger partial charge in [-0.25, -0.2) is 4.39 Å². The summed E-state index contributed by atoms with van der Waals surface area (Å²) in [5, 5.41) is 10.5. The number of aromatic nitrogens is 2. The lowest BCUT2D eigenvalue weighted by Crippen LogP contribution is -2.08. The highest BCUT2D eigenvalue weighted by Crippen LogP contribution is 2.21. The van der Waals surface area contributed by atoms with Crippen molar-refractivity contribution in [3.05, 3.63) is 41.5 Å². The molecule has 0 amide bonds. The second-order valence-electron chi connectivity index (χ2n) is 4.12. The molecule has 0 spiro atoms. The van der Waals surface area contributed by atoms with E-state index < -0.39 is 0 Å². The molecule has 1 heterocycles. The fourth-order valence-electron chi connectivity index (χ4n) is 1.57. The van der Waals surface area contributed by atoms with E-state index in [1.54, 1.807) is 25.1 Å². The zero-order valence-corrected chi connectivity index (χ0v) is 10.2. The summed E-state index contributed by atoms with van der Waals surface area (Å²) in [6.07, 6.45) is 0. The lowest BCUT2D eigenvalue weighted by molar-refractivity contribution is 0.469. The maximum Gasteiger partial charge on any atom is 0.316 e. The molecule has 0 aliphatic carbocycles. The molecule has 2 rings (SSSR count). The van der Waals surface area contributed by atoms with Crippen molar-refractivity contribution >= 4 is 6.01 Å².